The summed E-state index contributed by atoms with van der Waals surface area (Å²) in [6.45, 7) is 3.44. The number of halogens is 4. The first-order chi connectivity index (χ1) is 24.3. The summed E-state index contributed by atoms with van der Waals surface area (Å²) in [7, 11) is 0. The number of hydrogen-bond donors (Lipinski definition) is 3. The lowest BCUT2D eigenvalue weighted by molar-refractivity contribution is -0.137. The molecular weight excluding hydrogens is 695 g/mol. The zero-order valence-electron chi connectivity index (χ0n) is 26.8. The van der Waals surface area contributed by atoms with Crippen molar-refractivity contribution in [3.8, 4) is 17.2 Å². The van der Waals surface area contributed by atoms with Crippen LogP contribution in [0.3, 0.4) is 0 Å². The number of aromatic carboxylic acids is 1. The van der Waals surface area contributed by atoms with E-state index in [4.69, 9.17) is 21.2 Å². The molecule has 7 rings (SSSR count). The van der Waals surface area contributed by atoms with Crippen molar-refractivity contribution in [1.29, 1.82) is 0 Å². The summed E-state index contributed by atoms with van der Waals surface area (Å²) in [6.07, 6.45) is -1.11. The third-order valence-corrected chi connectivity index (χ3v) is 8.43. The van der Waals surface area contributed by atoms with Gasteiger partial charge in [-0.05, 0) is 49.6 Å². The average Bonchev–Trinajstić information content (AvgIpc) is 3.39. The van der Waals surface area contributed by atoms with Crippen molar-refractivity contribution in [3.05, 3.63) is 112 Å². The molecule has 1 fully saturated rings. The number of carboxylic acid groups (broad SMARTS) is 1. The number of pyridine rings is 1. The maximum atomic E-state index is 13.0. The number of carboxylic acids is 1. The van der Waals surface area contributed by atoms with Gasteiger partial charge < -0.3 is 29.4 Å². The minimum atomic E-state index is -4.64. The molecule has 1 aliphatic rings. The van der Waals surface area contributed by atoms with Crippen molar-refractivity contribution >= 4 is 40.3 Å². The molecule has 0 spiro atoms. The highest BCUT2D eigenvalue weighted by Crippen LogP contribution is 2.39. The van der Waals surface area contributed by atoms with Gasteiger partial charge in [0.15, 0.2) is 0 Å². The molecule has 2 amide bonds. The van der Waals surface area contributed by atoms with Crippen LogP contribution in [0.4, 0.5) is 13.2 Å². The van der Waals surface area contributed by atoms with Crippen LogP contribution in [0.25, 0.3) is 28.1 Å². The standard InChI is InChI=1S/C29H22ClF3N6O3.C5H5NO3/c1-16-36-25(38-42-16)24-23(30)21-4-2-3-5-22(21)39(24)20-8-6-17(7-9-20)13-35-27(41)28(10-11-28)37-26(40)18-12-19(15-34-14-18)29(31,32)33;1-3-4(5(7)8)2-9-6-3/h2-9,12,14-15H,10-11,13H2,1H3,(H,35,41)(H,37,40);2H,1H3,(H,7,8). The Bertz CT molecular complexity index is 2260. The number of carbonyl (C=O) groups is 3. The zero-order valence-corrected chi connectivity index (χ0v) is 27.5. The Morgan fingerprint density at radius 1 is 1.04 bits per heavy atom. The fourth-order valence-corrected chi connectivity index (χ4v) is 5.55. The van der Waals surface area contributed by atoms with Crippen molar-refractivity contribution in [2.24, 2.45) is 0 Å². The van der Waals surface area contributed by atoms with Gasteiger partial charge in [-0.3, -0.25) is 14.6 Å². The normalized spacial score (nSPS) is 13.3. The molecule has 2 aromatic carbocycles. The zero-order chi connectivity index (χ0) is 36.5. The lowest BCUT2D eigenvalue weighted by atomic mass is 10.1. The Kier molecular flexibility index (Phi) is 9.36. The van der Waals surface area contributed by atoms with E-state index in [-0.39, 0.29) is 17.7 Å². The highest BCUT2D eigenvalue weighted by Gasteiger charge is 2.51. The Hall–Kier alpha value is -6.03. The molecule has 0 saturated heterocycles. The quantitative estimate of drug-likeness (QED) is 0.161. The van der Waals surface area contributed by atoms with Crippen LogP contribution in [0.15, 0.2) is 82.3 Å². The summed E-state index contributed by atoms with van der Waals surface area (Å²) >= 11 is 6.75. The van der Waals surface area contributed by atoms with Crippen molar-refractivity contribution in [3.63, 3.8) is 0 Å². The first-order valence-electron chi connectivity index (χ1n) is 15.2. The van der Waals surface area contributed by atoms with Crippen LogP contribution < -0.4 is 10.6 Å². The number of alkyl halides is 3. The first-order valence-corrected chi connectivity index (χ1v) is 15.6. The van der Waals surface area contributed by atoms with Gasteiger partial charge >= 0.3 is 12.1 Å². The molecule has 0 bridgehead atoms. The molecule has 0 unspecified atom stereocenters. The molecule has 13 nitrogen and oxygen atoms in total. The summed E-state index contributed by atoms with van der Waals surface area (Å²) in [4.78, 5) is 43.7. The van der Waals surface area contributed by atoms with Crippen LogP contribution >= 0.6 is 11.6 Å². The molecule has 4 heterocycles. The van der Waals surface area contributed by atoms with Crippen LogP contribution in [0, 0.1) is 13.8 Å². The number of rotatable bonds is 8. The topological polar surface area (TPSA) is 178 Å². The summed E-state index contributed by atoms with van der Waals surface area (Å²) < 4.78 is 50.5. The molecule has 4 aromatic heterocycles. The van der Waals surface area contributed by atoms with Crippen LogP contribution in [0.5, 0.6) is 0 Å². The van der Waals surface area contributed by atoms with Gasteiger partial charge in [-0.1, -0.05) is 52.2 Å². The number of nitrogens with zero attached hydrogens (tertiary/aromatic N) is 5. The molecule has 3 N–H and O–H groups in total. The third kappa shape index (κ3) is 7.30. The van der Waals surface area contributed by atoms with Gasteiger partial charge in [0.2, 0.25) is 17.6 Å². The highest BCUT2D eigenvalue weighted by molar-refractivity contribution is 6.38. The first kappa shape index (κ1) is 34.8. The number of amides is 2. The third-order valence-electron chi connectivity index (χ3n) is 8.05. The molecule has 51 heavy (non-hydrogen) atoms. The van der Waals surface area contributed by atoms with E-state index >= 15 is 0 Å². The van der Waals surface area contributed by atoms with E-state index in [0.29, 0.717) is 53.2 Å². The monoisotopic (exact) mass is 721 g/mol. The van der Waals surface area contributed by atoms with Gasteiger partial charge in [-0.15, -0.1) is 0 Å². The van der Waals surface area contributed by atoms with E-state index < -0.39 is 35.1 Å². The predicted octanol–water partition coefficient (Wildman–Crippen LogP) is 6.32. The van der Waals surface area contributed by atoms with Gasteiger partial charge in [0.05, 0.1) is 27.4 Å². The molecule has 6 aromatic rings. The SMILES string of the molecule is Cc1nc(-c2c(Cl)c3ccccc3n2-c2ccc(CNC(=O)C3(NC(=O)c4cncc(C(F)(F)F)c4)CC3)cc2)no1.Cc1nocc1C(=O)O. The van der Waals surface area contributed by atoms with Gasteiger partial charge in [-0.2, -0.15) is 18.2 Å². The fourth-order valence-electron chi connectivity index (χ4n) is 5.22. The molecule has 0 radical (unpaired) electrons. The molecule has 1 saturated carbocycles. The Morgan fingerprint density at radius 2 is 1.76 bits per heavy atom. The maximum absolute atomic E-state index is 13.0. The predicted molar refractivity (Wildman–Crippen MR) is 175 cm³/mol. The number of hydrogen-bond acceptors (Lipinski definition) is 9. The summed E-state index contributed by atoms with van der Waals surface area (Å²) in [6, 6.07) is 15.8. The van der Waals surface area contributed by atoms with Crippen LogP contribution in [-0.2, 0) is 17.5 Å². The number of carbonyl (C=O) groups excluding carboxylic acids is 2. The van der Waals surface area contributed by atoms with E-state index in [9.17, 15) is 27.6 Å². The van der Waals surface area contributed by atoms with Crippen LogP contribution in [0.1, 0.15) is 56.3 Å². The second kappa shape index (κ2) is 13.7. The van der Waals surface area contributed by atoms with Gasteiger partial charge in [0.1, 0.15) is 23.1 Å². The number of aryl methyl sites for hydroxylation is 2. The maximum Gasteiger partial charge on any atom is 0.417 e. The Labute approximate surface area is 291 Å². The van der Waals surface area contributed by atoms with Crippen LogP contribution in [0.2, 0.25) is 5.02 Å². The number of para-hydroxylation sites is 1. The van der Waals surface area contributed by atoms with E-state index in [1.807, 2.05) is 53.1 Å². The minimum absolute atomic E-state index is 0.120. The highest BCUT2D eigenvalue weighted by atomic mass is 35.5. The van der Waals surface area contributed by atoms with Crippen molar-refractivity contribution in [1.82, 2.24) is 35.5 Å². The summed E-state index contributed by atoms with van der Waals surface area (Å²) in [5, 5.41) is 22.5. The fraction of sp³-hybridized carbons (Fsp3) is 0.206. The van der Waals surface area contributed by atoms with Crippen molar-refractivity contribution in [2.45, 2.75) is 44.9 Å². The minimum Gasteiger partial charge on any atom is -0.478 e. The number of fused-ring (bicyclic) bond motifs is 1. The number of nitrogens with one attached hydrogen (secondary N) is 2. The molecular formula is C34H27ClF3N7O6. The average molecular weight is 722 g/mol. The summed E-state index contributed by atoms with van der Waals surface area (Å²) in [5.74, 6) is -1.47. The molecule has 17 heteroatoms. The largest absolute Gasteiger partial charge is 0.478 e. The molecule has 262 valence electrons. The van der Waals surface area contributed by atoms with Crippen molar-refractivity contribution in [2.75, 3.05) is 0 Å². The smallest absolute Gasteiger partial charge is 0.417 e. The second-order valence-corrected chi connectivity index (χ2v) is 12.0. The lowest BCUT2D eigenvalue weighted by Crippen LogP contribution is -2.48. The molecule has 1 aliphatic carbocycles. The van der Waals surface area contributed by atoms with E-state index in [0.717, 1.165) is 34.6 Å². The van der Waals surface area contributed by atoms with Gasteiger partial charge in [0, 0.05) is 36.9 Å². The van der Waals surface area contributed by atoms with Crippen LogP contribution in [-0.4, -0.2) is 53.3 Å². The molecule has 0 aliphatic heterocycles. The van der Waals surface area contributed by atoms with Gasteiger partial charge in [0.25, 0.3) is 5.91 Å². The number of benzene rings is 2. The lowest BCUT2D eigenvalue weighted by Gasteiger charge is -2.18. The van der Waals surface area contributed by atoms with E-state index in [1.54, 1.807) is 13.8 Å². The van der Waals surface area contributed by atoms with Gasteiger partial charge in [-0.25, -0.2) is 4.79 Å². The second-order valence-electron chi connectivity index (χ2n) is 11.6. The van der Waals surface area contributed by atoms with E-state index in [1.165, 1.54) is 0 Å². The Morgan fingerprint density at radius 3 is 2.35 bits per heavy atom. The van der Waals surface area contributed by atoms with Crippen molar-refractivity contribution < 1.29 is 41.7 Å². The Balaban J connectivity index is 0.000000435. The molecule has 0 atom stereocenters. The summed E-state index contributed by atoms with van der Waals surface area (Å²) in [5.41, 5.74) is 1.04. The van der Waals surface area contributed by atoms with E-state index in [2.05, 4.69) is 35.4 Å². The number of aromatic nitrogens is 5.